The molecule has 2 unspecified atom stereocenters. The second-order valence-corrected chi connectivity index (χ2v) is 5.71. The second-order valence-electron chi connectivity index (χ2n) is 5.71. The Balaban J connectivity index is 2.75. The van der Waals surface area contributed by atoms with E-state index in [1.54, 1.807) is 0 Å². The van der Waals surface area contributed by atoms with Crippen LogP contribution in [0.3, 0.4) is 0 Å². The van der Waals surface area contributed by atoms with Gasteiger partial charge in [0.2, 0.25) is 0 Å². The Morgan fingerprint density at radius 3 is 2.48 bits per heavy atom. The molecule has 0 aliphatic rings. The average molecular weight is 291 g/mol. The van der Waals surface area contributed by atoms with Crippen LogP contribution in [-0.4, -0.2) is 35.1 Å². The summed E-state index contributed by atoms with van der Waals surface area (Å²) in [5.74, 6) is 0. The summed E-state index contributed by atoms with van der Waals surface area (Å²) in [7, 11) is 0. The summed E-state index contributed by atoms with van der Waals surface area (Å²) in [6, 6.07) is 7.37. The summed E-state index contributed by atoms with van der Waals surface area (Å²) in [6.45, 7) is 12.2. The van der Waals surface area contributed by atoms with E-state index >= 15 is 0 Å². The molecule has 0 fully saturated rings. The highest BCUT2D eigenvalue weighted by molar-refractivity contribution is 5.04. The van der Waals surface area contributed by atoms with Gasteiger partial charge in [-0.15, -0.1) is 0 Å². The summed E-state index contributed by atoms with van der Waals surface area (Å²) >= 11 is 0. The molecule has 0 saturated carbocycles. The molecule has 0 aliphatic heterocycles. The van der Waals surface area contributed by atoms with Crippen LogP contribution in [0, 0.1) is 0 Å². The Bertz CT molecular complexity index is 353. The van der Waals surface area contributed by atoms with E-state index in [4.69, 9.17) is 0 Å². The van der Waals surface area contributed by atoms with Crippen LogP contribution < -0.4 is 5.32 Å². The molecule has 2 atom stereocenters. The van der Waals surface area contributed by atoms with Crippen LogP contribution in [0.15, 0.2) is 24.4 Å². The van der Waals surface area contributed by atoms with Gasteiger partial charge in [-0.3, -0.25) is 9.88 Å². The summed E-state index contributed by atoms with van der Waals surface area (Å²) in [5, 5.41) is 3.76. The van der Waals surface area contributed by atoms with Crippen molar-refractivity contribution in [1.82, 2.24) is 15.2 Å². The fourth-order valence-corrected chi connectivity index (χ4v) is 3.03. The van der Waals surface area contributed by atoms with E-state index in [9.17, 15) is 0 Å². The van der Waals surface area contributed by atoms with Gasteiger partial charge in [0.25, 0.3) is 0 Å². The molecule has 0 aromatic carbocycles. The summed E-state index contributed by atoms with van der Waals surface area (Å²) in [5.41, 5.74) is 1.17. The molecule has 1 aromatic heterocycles. The van der Waals surface area contributed by atoms with Crippen LogP contribution in [0.25, 0.3) is 0 Å². The molecule has 0 bridgehead atoms. The molecule has 1 N–H and O–H groups in total. The predicted octanol–water partition coefficient (Wildman–Crippen LogP) is 3.85. The lowest BCUT2D eigenvalue weighted by Crippen LogP contribution is -2.49. The normalized spacial score (nSPS) is 14.3. The Kier molecular flexibility index (Phi) is 9.27. The maximum absolute atomic E-state index is 4.49. The van der Waals surface area contributed by atoms with E-state index < -0.39 is 0 Å². The molecule has 21 heavy (non-hydrogen) atoms. The molecular formula is C18H33N3. The molecule has 1 heterocycles. The number of likely N-dealkylation sites (N-methyl/N-ethyl adjacent to an activating group) is 1. The Morgan fingerprint density at radius 2 is 1.95 bits per heavy atom. The molecule has 0 amide bonds. The van der Waals surface area contributed by atoms with Gasteiger partial charge in [-0.2, -0.15) is 0 Å². The second kappa shape index (κ2) is 10.7. The van der Waals surface area contributed by atoms with E-state index in [0.717, 1.165) is 19.6 Å². The first-order valence-corrected chi connectivity index (χ1v) is 8.64. The third kappa shape index (κ3) is 6.15. The summed E-state index contributed by atoms with van der Waals surface area (Å²) < 4.78 is 0. The molecule has 0 aliphatic carbocycles. The maximum Gasteiger partial charge on any atom is 0.0544 e. The quantitative estimate of drug-likeness (QED) is 0.671. The third-order valence-corrected chi connectivity index (χ3v) is 4.11. The van der Waals surface area contributed by atoms with Crippen molar-refractivity contribution < 1.29 is 0 Å². The van der Waals surface area contributed by atoms with E-state index in [1.165, 1.54) is 31.4 Å². The van der Waals surface area contributed by atoms with E-state index in [-0.39, 0.29) is 0 Å². The van der Waals surface area contributed by atoms with Crippen molar-refractivity contribution in [2.75, 3.05) is 13.1 Å². The molecule has 3 heteroatoms. The Labute approximate surface area is 131 Å². The zero-order valence-corrected chi connectivity index (χ0v) is 14.3. The van der Waals surface area contributed by atoms with Crippen LogP contribution in [0.4, 0.5) is 0 Å². The molecule has 0 spiro atoms. The third-order valence-electron chi connectivity index (χ3n) is 4.11. The Hall–Kier alpha value is -0.930. The number of nitrogens with one attached hydrogen (secondary N) is 1. The first kappa shape index (κ1) is 18.1. The van der Waals surface area contributed by atoms with Gasteiger partial charge in [-0.25, -0.2) is 0 Å². The fraction of sp³-hybridized carbons (Fsp3) is 0.722. The van der Waals surface area contributed by atoms with Gasteiger partial charge in [0.05, 0.1) is 5.69 Å². The molecule has 0 saturated heterocycles. The zero-order valence-electron chi connectivity index (χ0n) is 14.3. The van der Waals surface area contributed by atoms with E-state index in [2.05, 4.69) is 55.0 Å². The van der Waals surface area contributed by atoms with Gasteiger partial charge in [-0.05, 0) is 44.5 Å². The highest BCUT2D eigenvalue weighted by atomic mass is 15.2. The lowest BCUT2D eigenvalue weighted by Gasteiger charge is -2.36. The number of hydrogen-bond donors (Lipinski definition) is 1. The van der Waals surface area contributed by atoms with Gasteiger partial charge in [0, 0.05) is 24.8 Å². The predicted molar refractivity (Wildman–Crippen MR) is 91.4 cm³/mol. The average Bonchev–Trinajstić information content (AvgIpc) is 2.53. The minimum atomic E-state index is 0.587. The summed E-state index contributed by atoms with van der Waals surface area (Å²) in [4.78, 5) is 7.06. The monoisotopic (exact) mass is 291 g/mol. The number of nitrogens with zero attached hydrogens (tertiary/aromatic N) is 2. The van der Waals surface area contributed by atoms with Crippen LogP contribution in [0.1, 0.15) is 59.1 Å². The van der Waals surface area contributed by atoms with E-state index in [1.807, 2.05) is 12.3 Å². The minimum Gasteiger partial charge on any atom is -0.312 e. The molecule has 1 rings (SSSR count). The van der Waals surface area contributed by atoms with Gasteiger partial charge >= 0.3 is 0 Å². The molecular weight excluding hydrogens is 258 g/mol. The van der Waals surface area contributed by atoms with Crippen molar-refractivity contribution in [2.24, 2.45) is 0 Å². The lowest BCUT2D eigenvalue weighted by atomic mass is 9.98. The largest absolute Gasteiger partial charge is 0.312 e. The van der Waals surface area contributed by atoms with Crippen LogP contribution in [-0.2, 0) is 6.54 Å². The standard InChI is InChI=1S/C18H33N3/c1-5-11-17(20-13-6-2)18(7-3)21(8-4)15-16-12-9-10-14-19-16/h9-10,12,14,17-18,20H,5-8,11,13,15H2,1-4H3. The first-order chi connectivity index (χ1) is 10.3. The van der Waals surface area contributed by atoms with Crippen molar-refractivity contribution in [3.63, 3.8) is 0 Å². The highest BCUT2D eigenvalue weighted by Crippen LogP contribution is 2.16. The van der Waals surface area contributed by atoms with Crippen LogP contribution in [0.2, 0.25) is 0 Å². The van der Waals surface area contributed by atoms with Crippen molar-refractivity contribution in [3.05, 3.63) is 30.1 Å². The van der Waals surface area contributed by atoms with Crippen LogP contribution >= 0.6 is 0 Å². The molecule has 0 radical (unpaired) electrons. The molecule has 120 valence electrons. The Morgan fingerprint density at radius 1 is 1.14 bits per heavy atom. The lowest BCUT2D eigenvalue weighted by molar-refractivity contribution is 0.144. The smallest absolute Gasteiger partial charge is 0.0544 e. The maximum atomic E-state index is 4.49. The topological polar surface area (TPSA) is 28.2 Å². The van der Waals surface area contributed by atoms with Crippen molar-refractivity contribution in [3.8, 4) is 0 Å². The SMILES string of the molecule is CCCNC(CCC)C(CC)N(CC)Cc1ccccn1. The van der Waals surface area contributed by atoms with Crippen LogP contribution in [0.5, 0.6) is 0 Å². The molecule has 1 aromatic rings. The number of rotatable bonds is 11. The summed E-state index contributed by atoms with van der Waals surface area (Å²) in [6.07, 6.45) is 6.75. The van der Waals surface area contributed by atoms with Gasteiger partial charge in [-0.1, -0.05) is 40.2 Å². The zero-order chi connectivity index (χ0) is 15.5. The van der Waals surface area contributed by atoms with Crippen molar-refractivity contribution in [2.45, 2.75) is 72.0 Å². The van der Waals surface area contributed by atoms with Crippen molar-refractivity contribution in [1.29, 1.82) is 0 Å². The number of hydrogen-bond acceptors (Lipinski definition) is 3. The fourth-order valence-electron chi connectivity index (χ4n) is 3.03. The number of aromatic nitrogens is 1. The van der Waals surface area contributed by atoms with Crippen molar-refractivity contribution >= 4 is 0 Å². The van der Waals surface area contributed by atoms with Gasteiger partial charge in [0.15, 0.2) is 0 Å². The van der Waals surface area contributed by atoms with E-state index in [0.29, 0.717) is 12.1 Å². The highest BCUT2D eigenvalue weighted by Gasteiger charge is 2.24. The number of pyridine rings is 1. The molecule has 3 nitrogen and oxygen atoms in total. The minimum absolute atomic E-state index is 0.587. The van der Waals surface area contributed by atoms with Gasteiger partial charge < -0.3 is 5.32 Å². The first-order valence-electron chi connectivity index (χ1n) is 8.64. The van der Waals surface area contributed by atoms with Gasteiger partial charge in [0.1, 0.15) is 0 Å².